The SMILES string of the molecule is CC(C)(C)OCCCN(CC(=O)O)C(=O)OCC1c2ccccc2-c2ccccc21. The van der Waals surface area contributed by atoms with E-state index in [-0.39, 0.29) is 24.7 Å². The topological polar surface area (TPSA) is 76.1 Å². The number of benzene rings is 2. The Labute approximate surface area is 177 Å². The van der Waals surface area contributed by atoms with Crippen LogP contribution in [-0.4, -0.2) is 54.0 Å². The van der Waals surface area contributed by atoms with E-state index in [1.165, 1.54) is 4.90 Å². The zero-order valence-corrected chi connectivity index (χ0v) is 17.8. The molecule has 0 aliphatic heterocycles. The predicted molar refractivity (Wildman–Crippen MR) is 115 cm³/mol. The zero-order valence-electron chi connectivity index (χ0n) is 17.8. The number of hydrogen-bond acceptors (Lipinski definition) is 4. The summed E-state index contributed by atoms with van der Waals surface area (Å²) in [7, 11) is 0. The molecule has 0 radical (unpaired) electrons. The summed E-state index contributed by atoms with van der Waals surface area (Å²) in [4.78, 5) is 25.1. The van der Waals surface area contributed by atoms with Crippen LogP contribution >= 0.6 is 0 Å². The third-order valence-corrected chi connectivity index (χ3v) is 5.03. The van der Waals surface area contributed by atoms with E-state index in [9.17, 15) is 14.7 Å². The molecule has 0 atom stereocenters. The Bertz CT molecular complexity index is 857. The van der Waals surface area contributed by atoms with Crippen LogP contribution in [0.2, 0.25) is 0 Å². The molecule has 2 aromatic carbocycles. The molecule has 0 saturated heterocycles. The van der Waals surface area contributed by atoms with E-state index in [0.717, 1.165) is 22.3 Å². The minimum Gasteiger partial charge on any atom is -0.480 e. The summed E-state index contributed by atoms with van der Waals surface area (Å²) in [5.74, 6) is -1.13. The van der Waals surface area contributed by atoms with Crippen LogP contribution in [0.3, 0.4) is 0 Å². The maximum absolute atomic E-state index is 12.7. The number of carbonyl (C=O) groups excluding carboxylic acids is 1. The van der Waals surface area contributed by atoms with Crippen LogP contribution in [0.4, 0.5) is 4.79 Å². The molecule has 1 N–H and O–H groups in total. The standard InChI is InChI=1S/C24H29NO5/c1-24(2,3)30-14-8-13-25(15-22(26)27)23(28)29-16-21-19-11-6-4-9-17(19)18-10-5-7-12-20(18)21/h4-7,9-12,21H,8,13-16H2,1-3H3,(H,26,27). The monoisotopic (exact) mass is 411 g/mol. The highest BCUT2D eigenvalue weighted by Crippen LogP contribution is 2.44. The van der Waals surface area contributed by atoms with Crippen molar-refractivity contribution in [2.24, 2.45) is 0 Å². The molecule has 30 heavy (non-hydrogen) atoms. The Kier molecular flexibility index (Phi) is 6.77. The maximum Gasteiger partial charge on any atom is 0.410 e. The van der Waals surface area contributed by atoms with Gasteiger partial charge < -0.3 is 14.6 Å². The Morgan fingerprint density at radius 3 is 2.10 bits per heavy atom. The molecule has 1 aliphatic carbocycles. The van der Waals surface area contributed by atoms with Gasteiger partial charge in [-0.05, 0) is 49.4 Å². The van der Waals surface area contributed by atoms with Crippen LogP contribution in [0.15, 0.2) is 48.5 Å². The Hall–Kier alpha value is -2.86. The predicted octanol–water partition coefficient (Wildman–Crippen LogP) is 4.53. The van der Waals surface area contributed by atoms with Gasteiger partial charge in [-0.15, -0.1) is 0 Å². The van der Waals surface area contributed by atoms with Crippen molar-refractivity contribution in [2.75, 3.05) is 26.3 Å². The molecule has 2 aromatic rings. The molecule has 6 nitrogen and oxygen atoms in total. The van der Waals surface area contributed by atoms with Crippen molar-refractivity contribution in [2.45, 2.75) is 38.7 Å². The van der Waals surface area contributed by atoms with Gasteiger partial charge in [0, 0.05) is 19.1 Å². The molecule has 0 heterocycles. The number of hydrogen-bond donors (Lipinski definition) is 1. The van der Waals surface area contributed by atoms with E-state index >= 15 is 0 Å². The molecule has 0 bridgehead atoms. The molecule has 1 amide bonds. The smallest absolute Gasteiger partial charge is 0.410 e. The van der Waals surface area contributed by atoms with Gasteiger partial charge in [0.15, 0.2) is 0 Å². The lowest BCUT2D eigenvalue weighted by molar-refractivity contribution is -0.138. The fourth-order valence-corrected chi connectivity index (χ4v) is 3.72. The van der Waals surface area contributed by atoms with Crippen molar-refractivity contribution in [1.29, 1.82) is 0 Å². The van der Waals surface area contributed by atoms with E-state index in [2.05, 4.69) is 12.1 Å². The van der Waals surface area contributed by atoms with Crippen LogP contribution in [0, 0.1) is 0 Å². The average Bonchev–Trinajstić information content (AvgIpc) is 3.01. The lowest BCUT2D eigenvalue weighted by Crippen LogP contribution is -2.38. The van der Waals surface area contributed by atoms with Crippen molar-refractivity contribution in [3.05, 3.63) is 59.7 Å². The summed E-state index contributed by atoms with van der Waals surface area (Å²) >= 11 is 0. The van der Waals surface area contributed by atoms with Crippen molar-refractivity contribution in [1.82, 2.24) is 4.90 Å². The number of aliphatic carboxylic acids is 1. The highest BCUT2D eigenvalue weighted by Gasteiger charge is 2.30. The molecule has 0 saturated carbocycles. The van der Waals surface area contributed by atoms with E-state index in [1.54, 1.807) is 0 Å². The molecule has 1 aliphatic rings. The number of carboxylic acid groups (broad SMARTS) is 1. The summed E-state index contributed by atoms with van der Waals surface area (Å²) in [6.07, 6.45) is -0.0793. The second-order valence-electron chi connectivity index (χ2n) is 8.43. The summed E-state index contributed by atoms with van der Waals surface area (Å²) in [5, 5.41) is 9.18. The van der Waals surface area contributed by atoms with Crippen molar-refractivity contribution < 1.29 is 24.2 Å². The van der Waals surface area contributed by atoms with Gasteiger partial charge in [0.2, 0.25) is 0 Å². The first-order chi connectivity index (χ1) is 14.3. The molecule has 0 unspecified atom stereocenters. The molecule has 0 spiro atoms. The lowest BCUT2D eigenvalue weighted by atomic mass is 9.98. The molecule has 3 rings (SSSR count). The van der Waals surface area contributed by atoms with Crippen molar-refractivity contribution in [3.63, 3.8) is 0 Å². The first kappa shape index (κ1) is 21.8. The molecule has 0 fully saturated rings. The summed E-state index contributed by atoms with van der Waals surface area (Å²) in [5.41, 5.74) is 4.26. The lowest BCUT2D eigenvalue weighted by Gasteiger charge is -2.23. The van der Waals surface area contributed by atoms with Gasteiger partial charge in [0.05, 0.1) is 5.60 Å². The van der Waals surface area contributed by atoms with Gasteiger partial charge >= 0.3 is 12.1 Å². The first-order valence-corrected chi connectivity index (χ1v) is 10.2. The second kappa shape index (κ2) is 9.30. The first-order valence-electron chi connectivity index (χ1n) is 10.2. The number of nitrogens with zero attached hydrogens (tertiary/aromatic N) is 1. The molecule has 6 heteroatoms. The number of ether oxygens (including phenoxy) is 2. The van der Waals surface area contributed by atoms with Crippen molar-refractivity contribution in [3.8, 4) is 11.1 Å². The van der Waals surface area contributed by atoms with Crippen LogP contribution in [-0.2, 0) is 14.3 Å². The summed E-state index contributed by atoms with van der Waals surface area (Å²) in [6, 6.07) is 16.2. The third-order valence-electron chi connectivity index (χ3n) is 5.03. The van der Waals surface area contributed by atoms with Crippen LogP contribution < -0.4 is 0 Å². The van der Waals surface area contributed by atoms with Crippen LogP contribution in [0.5, 0.6) is 0 Å². The molecule has 0 aromatic heterocycles. The zero-order chi connectivity index (χ0) is 21.7. The maximum atomic E-state index is 12.7. The van der Waals surface area contributed by atoms with Gasteiger partial charge in [0.1, 0.15) is 13.2 Å². The minimum atomic E-state index is -1.07. The average molecular weight is 411 g/mol. The van der Waals surface area contributed by atoms with Gasteiger partial charge in [0.25, 0.3) is 0 Å². The fraction of sp³-hybridized carbons (Fsp3) is 0.417. The van der Waals surface area contributed by atoms with Gasteiger partial charge in [-0.3, -0.25) is 9.69 Å². The number of amides is 1. The van der Waals surface area contributed by atoms with E-state index in [1.807, 2.05) is 57.2 Å². The Morgan fingerprint density at radius 2 is 1.57 bits per heavy atom. The number of rotatable bonds is 8. The quantitative estimate of drug-likeness (QED) is 0.646. The Balaban J connectivity index is 1.64. The van der Waals surface area contributed by atoms with Crippen LogP contribution in [0.25, 0.3) is 11.1 Å². The minimum absolute atomic E-state index is 0.0581. The second-order valence-corrected chi connectivity index (χ2v) is 8.43. The number of carboxylic acids is 1. The third kappa shape index (κ3) is 5.39. The van der Waals surface area contributed by atoms with E-state index < -0.39 is 18.6 Å². The van der Waals surface area contributed by atoms with E-state index in [4.69, 9.17) is 9.47 Å². The van der Waals surface area contributed by atoms with E-state index in [0.29, 0.717) is 13.0 Å². The highest BCUT2D eigenvalue weighted by atomic mass is 16.6. The van der Waals surface area contributed by atoms with Crippen LogP contribution in [0.1, 0.15) is 44.2 Å². The highest BCUT2D eigenvalue weighted by molar-refractivity contribution is 5.79. The molecular formula is C24H29NO5. The van der Waals surface area contributed by atoms with Crippen molar-refractivity contribution >= 4 is 12.1 Å². The van der Waals surface area contributed by atoms with Gasteiger partial charge in [-0.1, -0.05) is 48.5 Å². The largest absolute Gasteiger partial charge is 0.480 e. The fourth-order valence-electron chi connectivity index (χ4n) is 3.72. The summed E-state index contributed by atoms with van der Waals surface area (Å²) in [6.45, 7) is 6.33. The molecule has 160 valence electrons. The molecular weight excluding hydrogens is 382 g/mol. The number of fused-ring (bicyclic) bond motifs is 3. The van der Waals surface area contributed by atoms with Gasteiger partial charge in [-0.2, -0.15) is 0 Å². The normalized spacial score (nSPS) is 12.9. The summed E-state index contributed by atoms with van der Waals surface area (Å²) < 4.78 is 11.2. The van der Waals surface area contributed by atoms with Gasteiger partial charge in [-0.25, -0.2) is 4.79 Å². The Morgan fingerprint density at radius 1 is 1.00 bits per heavy atom. The number of carbonyl (C=O) groups is 2.